The average molecular weight is 433 g/mol. The summed E-state index contributed by atoms with van der Waals surface area (Å²) in [4.78, 5) is 24.0. The minimum atomic E-state index is -0.451. The van der Waals surface area contributed by atoms with Gasteiger partial charge in [0, 0.05) is 24.6 Å². The molecule has 1 N–H and O–H groups in total. The smallest absolute Gasteiger partial charge is 0.316 e. The molecular formula is C26H28N2O4. The predicted octanol–water partition coefficient (Wildman–Crippen LogP) is 4.59. The number of hydrogen-bond acceptors (Lipinski definition) is 5. The molecule has 1 saturated carbocycles. The quantitative estimate of drug-likeness (QED) is 0.527. The zero-order valence-electron chi connectivity index (χ0n) is 18.7. The van der Waals surface area contributed by atoms with Crippen LogP contribution in [0.15, 0.2) is 53.1 Å². The summed E-state index contributed by atoms with van der Waals surface area (Å²) < 4.78 is 10.8. The fourth-order valence-electron chi connectivity index (χ4n) is 4.07. The van der Waals surface area contributed by atoms with Crippen LogP contribution < -0.4 is 5.32 Å². The molecule has 32 heavy (non-hydrogen) atoms. The van der Waals surface area contributed by atoms with E-state index in [4.69, 9.17) is 9.26 Å². The summed E-state index contributed by atoms with van der Waals surface area (Å²) in [6.45, 7) is 4.14. The molecule has 0 radical (unpaired) electrons. The van der Waals surface area contributed by atoms with Crippen LogP contribution in [0.25, 0.3) is 22.5 Å². The second-order valence-electron chi connectivity index (χ2n) is 8.21. The lowest BCUT2D eigenvalue weighted by Gasteiger charge is -2.14. The Morgan fingerprint density at radius 1 is 1.03 bits per heavy atom. The zero-order chi connectivity index (χ0) is 22.7. The number of benzene rings is 2. The van der Waals surface area contributed by atoms with Gasteiger partial charge in [-0.25, -0.2) is 0 Å². The maximum absolute atomic E-state index is 12.3. The Labute approximate surface area is 188 Å². The van der Waals surface area contributed by atoms with Gasteiger partial charge >= 0.3 is 5.97 Å². The van der Waals surface area contributed by atoms with Crippen LogP contribution in [0, 0.1) is 6.92 Å². The molecule has 1 heterocycles. The Balaban J connectivity index is 1.52. The molecule has 0 atom stereocenters. The van der Waals surface area contributed by atoms with E-state index < -0.39 is 5.41 Å². The van der Waals surface area contributed by atoms with Gasteiger partial charge < -0.3 is 14.6 Å². The molecule has 1 aromatic heterocycles. The molecular weight excluding hydrogens is 404 g/mol. The third kappa shape index (κ3) is 4.17. The van der Waals surface area contributed by atoms with Gasteiger partial charge in [0.25, 0.3) is 0 Å². The molecule has 2 aromatic carbocycles. The minimum Gasteiger partial charge on any atom is -0.465 e. The normalized spacial score (nSPS) is 14.1. The van der Waals surface area contributed by atoms with Gasteiger partial charge in [-0.2, -0.15) is 0 Å². The topological polar surface area (TPSA) is 81.4 Å². The number of ether oxygens (including phenoxy) is 1. The molecule has 1 amide bonds. The summed E-state index contributed by atoms with van der Waals surface area (Å²) in [5.41, 5.74) is 5.41. The van der Waals surface area contributed by atoms with Gasteiger partial charge in [0.15, 0.2) is 5.76 Å². The van der Waals surface area contributed by atoms with Crippen LogP contribution in [-0.2, 0) is 26.2 Å². The first-order valence-electron chi connectivity index (χ1n) is 11.0. The van der Waals surface area contributed by atoms with Gasteiger partial charge in [-0.1, -0.05) is 53.7 Å². The number of aromatic nitrogens is 1. The van der Waals surface area contributed by atoms with Crippen LogP contribution in [0.2, 0.25) is 0 Å². The van der Waals surface area contributed by atoms with Crippen LogP contribution >= 0.6 is 0 Å². The highest BCUT2D eigenvalue weighted by Crippen LogP contribution is 2.49. The minimum absolute atomic E-state index is 0.00808. The number of hydrogen-bond donors (Lipinski definition) is 1. The van der Waals surface area contributed by atoms with Gasteiger partial charge in [0.05, 0.1) is 17.7 Å². The Hall–Kier alpha value is -3.41. The van der Waals surface area contributed by atoms with E-state index in [1.807, 2.05) is 50.2 Å². The molecule has 0 aliphatic heterocycles. The fourth-order valence-corrected chi connectivity index (χ4v) is 4.07. The van der Waals surface area contributed by atoms with Gasteiger partial charge in [0.2, 0.25) is 5.91 Å². The maximum atomic E-state index is 12.3. The lowest BCUT2D eigenvalue weighted by molar-refractivity contribution is -0.146. The molecule has 0 spiro atoms. The maximum Gasteiger partial charge on any atom is 0.316 e. The molecule has 3 aromatic rings. The monoisotopic (exact) mass is 432 g/mol. The number of carbonyl (C=O) groups excluding carboxylic acids is 2. The van der Waals surface area contributed by atoms with Crippen molar-refractivity contribution in [3.05, 3.63) is 65.4 Å². The SMILES string of the molecule is CCOC(=O)C1(c2ccc(-c3ccc(-c4onc(C)c4CCC(=O)NC)cc3)cc2)CC1. The Morgan fingerprint density at radius 2 is 1.62 bits per heavy atom. The summed E-state index contributed by atoms with van der Waals surface area (Å²) in [6, 6.07) is 16.3. The first kappa shape index (κ1) is 21.8. The number of aryl methyl sites for hydroxylation is 1. The number of carbonyl (C=O) groups is 2. The highest BCUT2D eigenvalue weighted by molar-refractivity contribution is 5.87. The predicted molar refractivity (Wildman–Crippen MR) is 122 cm³/mol. The van der Waals surface area contributed by atoms with Crippen molar-refractivity contribution in [1.82, 2.24) is 10.5 Å². The Bertz CT molecular complexity index is 1110. The molecule has 1 fully saturated rings. The summed E-state index contributed by atoms with van der Waals surface area (Å²) in [6.07, 6.45) is 2.66. The molecule has 1 aliphatic rings. The molecule has 1 aliphatic carbocycles. The van der Waals surface area contributed by atoms with Crippen molar-refractivity contribution >= 4 is 11.9 Å². The molecule has 6 nitrogen and oxygen atoms in total. The summed E-state index contributed by atoms with van der Waals surface area (Å²) in [5.74, 6) is 0.580. The summed E-state index contributed by atoms with van der Waals surface area (Å²) in [5, 5.41) is 6.74. The third-order valence-corrected chi connectivity index (χ3v) is 6.20. The number of amides is 1. The first-order chi connectivity index (χ1) is 15.5. The van der Waals surface area contributed by atoms with Gasteiger partial charge in [-0.15, -0.1) is 0 Å². The average Bonchev–Trinajstić information content (AvgIpc) is 3.56. The summed E-state index contributed by atoms with van der Waals surface area (Å²) >= 11 is 0. The highest BCUT2D eigenvalue weighted by Gasteiger charge is 2.52. The van der Waals surface area contributed by atoms with Gasteiger partial charge in [-0.3, -0.25) is 9.59 Å². The van der Waals surface area contributed by atoms with Crippen molar-refractivity contribution < 1.29 is 18.8 Å². The Kier molecular flexibility index (Phi) is 6.12. The van der Waals surface area contributed by atoms with Crippen molar-refractivity contribution in [2.45, 2.75) is 44.9 Å². The van der Waals surface area contributed by atoms with E-state index in [2.05, 4.69) is 22.6 Å². The van der Waals surface area contributed by atoms with Crippen molar-refractivity contribution in [3.8, 4) is 22.5 Å². The molecule has 0 saturated heterocycles. The van der Waals surface area contributed by atoms with E-state index >= 15 is 0 Å². The van der Waals surface area contributed by atoms with E-state index in [0.717, 1.165) is 46.4 Å². The number of nitrogens with one attached hydrogen (secondary N) is 1. The van der Waals surface area contributed by atoms with Crippen molar-refractivity contribution in [1.29, 1.82) is 0 Å². The summed E-state index contributed by atoms with van der Waals surface area (Å²) in [7, 11) is 1.64. The van der Waals surface area contributed by atoms with Crippen LogP contribution in [-0.4, -0.2) is 30.7 Å². The molecule has 4 rings (SSSR count). The standard InChI is InChI=1S/C26H28N2O4/c1-4-31-25(30)26(15-16-26)21-11-9-19(10-12-21)18-5-7-20(8-6-18)24-22(17(2)28-32-24)13-14-23(29)27-3/h5-12H,4,13-16H2,1-3H3,(H,27,29). The van der Waals surface area contributed by atoms with E-state index in [0.29, 0.717) is 25.2 Å². The van der Waals surface area contributed by atoms with Gasteiger partial charge in [0.1, 0.15) is 0 Å². The highest BCUT2D eigenvalue weighted by atomic mass is 16.5. The van der Waals surface area contributed by atoms with Gasteiger partial charge in [-0.05, 0) is 49.8 Å². The zero-order valence-corrected chi connectivity index (χ0v) is 18.7. The van der Waals surface area contributed by atoms with Crippen LogP contribution in [0.5, 0.6) is 0 Å². The van der Waals surface area contributed by atoms with E-state index in [-0.39, 0.29) is 11.9 Å². The van der Waals surface area contributed by atoms with E-state index in [1.54, 1.807) is 7.05 Å². The lowest BCUT2D eigenvalue weighted by atomic mass is 9.93. The third-order valence-electron chi connectivity index (χ3n) is 6.20. The van der Waals surface area contributed by atoms with E-state index in [9.17, 15) is 9.59 Å². The number of esters is 1. The molecule has 6 heteroatoms. The number of rotatable bonds is 8. The molecule has 0 bridgehead atoms. The molecule has 0 unspecified atom stereocenters. The second kappa shape index (κ2) is 8.99. The van der Waals surface area contributed by atoms with Crippen LogP contribution in [0.3, 0.4) is 0 Å². The van der Waals surface area contributed by atoms with Crippen molar-refractivity contribution in [2.75, 3.05) is 13.7 Å². The van der Waals surface area contributed by atoms with Crippen molar-refractivity contribution in [3.63, 3.8) is 0 Å². The largest absolute Gasteiger partial charge is 0.465 e. The van der Waals surface area contributed by atoms with Crippen molar-refractivity contribution in [2.24, 2.45) is 0 Å². The second-order valence-corrected chi connectivity index (χ2v) is 8.21. The van der Waals surface area contributed by atoms with Crippen LogP contribution in [0.4, 0.5) is 0 Å². The molecule has 166 valence electrons. The number of nitrogens with zero attached hydrogens (tertiary/aromatic N) is 1. The fraction of sp³-hybridized carbons (Fsp3) is 0.346. The lowest BCUT2D eigenvalue weighted by Crippen LogP contribution is -2.23. The Morgan fingerprint density at radius 3 is 2.19 bits per heavy atom. The van der Waals surface area contributed by atoms with Crippen LogP contribution in [0.1, 0.15) is 43.0 Å². The first-order valence-corrected chi connectivity index (χ1v) is 11.0. The van der Waals surface area contributed by atoms with E-state index in [1.165, 1.54) is 0 Å².